The second-order valence-corrected chi connectivity index (χ2v) is 5.47. The lowest BCUT2D eigenvalue weighted by molar-refractivity contribution is -0.141. The van der Waals surface area contributed by atoms with Gasteiger partial charge in [0.2, 0.25) is 5.91 Å². The van der Waals surface area contributed by atoms with Crippen molar-refractivity contribution in [3.05, 3.63) is 70.2 Å². The van der Waals surface area contributed by atoms with Crippen molar-refractivity contribution in [2.24, 2.45) is 0 Å². The quantitative estimate of drug-likeness (QED) is 0.873. The highest BCUT2D eigenvalue weighted by Gasteiger charge is 2.21. The van der Waals surface area contributed by atoms with Gasteiger partial charge in [0, 0.05) is 4.47 Å². The van der Waals surface area contributed by atoms with E-state index in [1.807, 2.05) is 24.3 Å². The second kappa shape index (κ2) is 7.04. The molecule has 108 valence electrons. The SMILES string of the molecule is O=C(Cc1ccc(Br)cc1)NC(C(=O)O)c1ccccc1. The molecule has 0 bridgehead atoms. The summed E-state index contributed by atoms with van der Waals surface area (Å²) < 4.78 is 0.930. The average Bonchev–Trinajstić information content (AvgIpc) is 2.48. The van der Waals surface area contributed by atoms with E-state index in [1.54, 1.807) is 30.3 Å². The van der Waals surface area contributed by atoms with Crippen LogP contribution in [0, 0.1) is 0 Å². The maximum atomic E-state index is 12.0. The normalized spacial score (nSPS) is 11.7. The van der Waals surface area contributed by atoms with Gasteiger partial charge in [-0.1, -0.05) is 58.4 Å². The van der Waals surface area contributed by atoms with Crippen LogP contribution in [0.25, 0.3) is 0 Å². The Labute approximate surface area is 130 Å². The molecular formula is C16H14BrNO3. The van der Waals surface area contributed by atoms with Crippen LogP contribution in [-0.2, 0) is 16.0 Å². The summed E-state index contributed by atoms with van der Waals surface area (Å²) >= 11 is 3.32. The van der Waals surface area contributed by atoms with Crippen molar-refractivity contribution in [1.82, 2.24) is 5.32 Å². The molecule has 5 heteroatoms. The van der Waals surface area contributed by atoms with Gasteiger partial charge in [-0.05, 0) is 23.3 Å². The number of carbonyl (C=O) groups excluding carboxylic acids is 1. The van der Waals surface area contributed by atoms with Crippen molar-refractivity contribution in [1.29, 1.82) is 0 Å². The van der Waals surface area contributed by atoms with Crippen molar-refractivity contribution < 1.29 is 14.7 Å². The zero-order valence-electron chi connectivity index (χ0n) is 11.1. The van der Waals surface area contributed by atoms with E-state index >= 15 is 0 Å². The van der Waals surface area contributed by atoms with E-state index in [1.165, 1.54) is 0 Å². The van der Waals surface area contributed by atoms with Gasteiger partial charge < -0.3 is 10.4 Å². The molecule has 2 aromatic rings. The van der Waals surface area contributed by atoms with Crippen LogP contribution in [0.4, 0.5) is 0 Å². The van der Waals surface area contributed by atoms with E-state index in [-0.39, 0.29) is 12.3 Å². The summed E-state index contributed by atoms with van der Waals surface area (Å²) in [6.45, 7) is 0. The molecule has 0 aliphatic carbocycles. The van der Waals surface area contributed by atoms with E-state index in [4.69, 9.17) is 0 Å². The van der Waals surface area contributed by atoms with Crippen LogP contribution in [0.5, 0.6) is 0 Å². The van der Waals surface area contributed by atoms with Crippen LogP contribution in [0.2, 0.25) is 0 Å². The Kier molecular flexibility index (Phi) is 5.11. The fourth-order valence-corrected chi connectivity index (χ4v) is 2.20. The molecular weight excluding hydrogens is 334 g/mol. The minimum Gasteiger partial charge on any atom is -0.479 e. The predicted octanol–water partition coefficient (Wildman–Crippen LogP) is 2.93. The first-order valence-electron chi connectivity index (χ1n) is 6.38. The molecule has 0 aliphatic heterocycles. The fraction of sp³-hybridized carbons (Fsp3) is 0.125. The topological polar surface area (TPSA) is 66.4 Å². The van der Waals surface area contributed by atoms with Crippen molar-refractivity contribution in [3.8, 4) is 0 Å². The highest BCUT2D eigenvalue weighted by molar-refractivity contribution is 9.10. The number of carboxylic acid groups (broad SMARTS) is 1. The number of nitrogens with one attached hydrogen (secondary N) is 1. The van der Waals surface area contributed by atoms with Crippen molar-refractivity contribution in [2.75, 3.05) is 0 Å². The van der Waals surface area contributed by atoms with Crippen LogP contribution in [-0.4, -0.2) is 17.0 Å². The number of hydrogen-bond donors (Lipinski definition) is 2. The first-order chi connectivity index (χ1) is 10.1. The molecule has 0 aliphatic rings. The highest BCUT2D eigenvalue weighted by Crippen LogP contribution is 2.14. The first-order valence-corrected chi connectivity index (χ1v) is 7.17. The van der Waals surface area contributed by atoms with Gasteiger partial charge in [0.1, 0.15) is 0 Å². The highest BCUT2D eigenvalue weighted by atomic mass is 79.9. The van der Waals surface area contributed by atoms with Crippen molar-refractivity contribution in [3.63, 3.8) is 0 Å². The molecule has 0 radical (unpaired) electrons. The Morgan fingerprint density at radius 3 is 2.24 bits per heavy atom. The van der Waals surface area contributed by atoms with Crippen LogP contribution in [0.3, 0.4) is 0 Å². The van der Waals surface area contributed by atoms with Crippen LogP contribution in [0.1, 0.15) is 17.2 Å². The van der Waals surface area contributed by atoms with Gasteiger partial charge in [-0.25, -0.2) is 4.79 Å². The average molecular weight is 348 g/mol. The Balaban J connectivity index is 2.05. The molecule has 1 amide bonds. The van der Waals surface area contributed by atoms with Gasteiger partial charge in [0.25, 0.3) is 0 Å². The van der Waals surface area contributed by atoms with Crippen molar-refractivity contribution in [2.45, 2.75) is 12.5 Å². The predicted molar refractivity (Wildman–Crippen MR) is 82.8 cm³/mol. The summed E-state index contributed by atoms with van der Waals surface area (Å²) in [7, 11) is 0. The number of carboxylic acids is 1. The molecule has 4 nitrogen and oxygen atoms in total. The number of hydrogen-bond acceptors (Lipinski definition) is 2. The zero-order valence-corrected chi connectivity index (χ0v) is 12.7. The number of amides is 1. The lowest BCUT2D eigenvalue weighted by atomic mass is 10.1. The smallest absolute Gasteiger partial charge is 0.330 e. The molecule has 0 saturated heterocycles. The molecule has 0 spiro atoms. The summed E-state index contributed by atoms with van der Waals surface area (Å²) in [6, 6.07) is 14.9. The largest absolute Gasteiger partial charge is 0.479 e. The van der Waals surface area contributed by atoms with E-state index in [0.717, 1.165) is 10.0 Å². The molecule has 0 heterocycles. The van der Waals surface area contributed by atoms with Gasteiger partial charge in [0.05, 0.1) is 6.42 Å². The fourth-order valence-electron chi connectivity index (χ4n) is 1.93. The Hall–Kier alpha value is -2.14. The molecule has 0 aromatic heterocycles. The molecule has 21 heavy (non-hydrogen) atoms. The summed E-state index contributed by atoms with van der Waals surface area (Å²) in [4.78, 5) is 23.3. The van der Waals surface area contributed by atoms with Gasteiger partial charge in [-0.3, -0.25) is 4.79 Å². The van der Waals surface area contributed by atoms with E-state index in [2.05, 4.69) is 21.2 Å². The van der Waals surface area contributed by atoms with Crippen LogP contribution >= 0.6 is 15.9 Å². The van der Waals surface area contributed by atoms with Gasteiger partial charge >= 0.3 is 5.97 Å². The molecule has 1 atom stereocenters. The standard InChI is InChI=1S/C16H14BrNO3/c17-13-8-6-11(7-9-13)10-14(19)18-15(16(20)21)12-4-2-1-3-5-12/h1-9,15H,10H2,(H,18,19)(H,20,21). The molecule has 0 saturated carbocycles. The van der Waals surface area contributed by atoms with E-state index < -0.39 is 12.0 Å². The van der Waals surface area contributed by atoms with Crippen molar-refractivity contribution >= 4 is 27.8 Å². The monoisotopic (exact) mass is 347 g/mol. The maximum Gasteiger partial charge on any atom is 0.330 e. The van der Waals surface area contributed by atoms with Crippen LogP contribution in [0.15, 0.2) is 59.1 Å². The maximum absolute atomic E-state index is 12.0. The third-order valence-corrected chi connectivity index (χ3v) is 3.49. The number of carbonyl (C=O) groups is 2. The molecule has 2 N–H and O–H groups in total. The number of aliphatic carboxylic acids is 1. The molecule has 1 unspecified atom stereocenters. The lowest BCUT2D eigenvalue weighted by Gasteiger charge is -2.15. The van der Waals surface area contributed by atoms with Crippen LogP contribution < -0.4 is 5.32 Å². The summed E-state index contributed by atoms with van der Waals surface area (Å²) in [6.07, 6.45) is 0.143. The zero-order chi connectivity index (χ0) is 15.2. The Morgan fingerprint density at radius 1 is 1.05 bits per heavy atom. The van der Waals surface area contributed by atoms with E-state index in [9.17, 15) is 14.7 Å². The summed E-state index contributed by atoms with van der Waals surface area (Å²) in [5.74, 6) is -1.40. The van der Waals surface area contributed by atoms with Gasteiger partial charge in [-0.2, -0.15) is 0 Å². The summed E-state index contributed by atoms with van der Waals surface area (Å²) in [5.41, 5.74) is 1.38. The molecule has 0 fully saturated rings. The van der Waals surface area contributed by atoms with Gasteiger partial charge in [-0.15, -0.1) is 0 Å². The minimum atomic E-state index is -1.08. The molecule has 2 rings (SSSR count). The first kappa shape index (κ1) is 15.3. The third kappa shape index (κ3) is 4.43. The second-order valence-electron chi connectivity index (χ2n) is 4.55. The Bertz CT molecular complexity index is 626. The van der Waals surface area contributed by atoms with Gasteiger partial charge in [0.15, 0.2) is 6.04 Å². The van der Waals surface area contributed by atoms with E-state index in [0.29, 0.717) is 5.56 Å². The lowest BCUT2D eigenvalue weighted by Crippen LogP contribution is -2.34. The number of benzene rings is 2. The Morgan fingerprint density at radius 2 is 1.67 bits per heavy atom. The summed E-state index contributed by atoms with van der Waals surface area (Å²) in [5, 5.41) is 11.8. The molecule has 2 aromatic carbocycles. The third-order valence-electron chi connectivity index (χ3n) is 2.96. The number of halogens is 1. The minimum absolute atomic E-state index is 0.143. The number of rotatable bonds is 5.